The van der Waals surface area contributed by atoms with Crippen molar-refractivity contribution in [2.24, 2.45) is 0 Å². The van der Waals surface area contributed by atoms with Gasteiger partial charge >= 0.3 is 5.69 Å². The van der Waals surface area contributed by atoms with Gasteiger partial charge in [-0.3, -0.25) is 9.20 Å². The lowest BCUT2D eigenvalue weighted by Crippen LogP contribution is -2.27. The van der Waals surface area contributed by atoms with Crippen LogP contribution in [0, 0.1) is 0 Å². The molecule has 0 fully saturated rings. The number of fused-ring (bicyclic) bond motifs is 1. The molecule has 0 aliphatic rings. The summed E-state index contributed by atoms with van der Waals surface area (Å²) < 4.78 is 7.74. The van der Waals surface area contributed by atoms with Crippen LogP contribution in [0.1, 0.15) is 12.0 Å². The lowest BCUT2D eigenvalue weighted by molar-refractivity contribution is -0.121. The maximum absolute atomic E-state index is 12.1. The largest absolute Gasteiger partial charge is 0.504 e. The van der Waals surface area contributed by atoms with Gasteiger partial charge in [-0.25, -0.2) is 9.48 Å². The number of aryl methyl sites for hydroxylation is 1. The number of nitrogens with one attached hydrogen (secondary N) is 1. The quantitative estimate of drug-likeness (QED) is 0.694. The third kappa shape index (κ3) is 3.63. The first-order chi connectivity index (χ1) is 12.1. The molecule has 0 radical (unpaired) electrons. The third-order valence-electron chi connectivity index (χ3n) is 3.77. The molecule has 25 heavy (non-hydrogen) atoms. The molecule has 2 aromatic heterocycles. The van der Waals surface area contributed by atoms with Crippen LogP contribution in [0.15, 0.2) is 47.4 Å². The number of benzene rings is 1. The van der Waals surface area contributed by atoms with Gasteiger partial charge in [-0.1, -0.05) is 12.1 Å². The molecule has 0 atom stereocenters. The zero-order valence-electron chi connectivity index (χ0n) is 13.7. The number of nitrogens with zero attached hydrogens (tertiary/aromatic N) is 3. The molecule has 2 N–H and O–H groups in total. The van der Waals surface area contributed by atoms with E-state index < -0.39 is 0 Å². The van der Waals surface area contributed by atoms with Crippen LogP contribution >= 0.6 is 0 Å². The number of carbonyl (C=O) groups excluding carboxylic acids is 1. The Bertz CT molecular complexity index is 961. The van der Waals surface area contributed by atoms with Gasteiger partial charge in [0.05, 0.1) is 13.7 Å². The highest BCUT2D eigenvalue weighted by molar-refractivity contribution is 5.75. The van der Waals surface area contributed by atoms with E-state index in [1.807, 2.05) is 0 Å². The fourth-order valence-electron chi connectivity index (χ4n) is 2.44. The fraction of sp³-hybridized carbons (Fsp3) is 0.235. The van der Waals surface area contributed by atoms with E-state index in [0.717, 1.165) is 5.56 Å². The van der Waals surface area contributed by atoms with E-state index in [9.17, 15) is 14.7 Å². The third-order valence-corrected chi connectivity index (χ3v) is 3.77. The van der Waals surface area contributed by atoms with E-state index in [2.05, 4.69) is 10.4 Å². The standard InChI is InChI=1S/C17H18N4O4/c1-25-14-10-12(5-6-13(14)22)11-18-16(23)7-9-21-17(24)20-8-3-2-4-15(20)19-21/h2-6,8,10,22H,7,9,11H2,1H3,(H,18,23). The van der Waals surface area contributed by atoms with Crippen LogP contribution < -0.4 is 15.7 Å². The summed E-state index contributed by atoms with van der Waals surface area (Å²) >= 11 is 0. The van der Waals surface area contributed by atoms with Crippen LogP contribution in [-0.4, -0.2) is 32.3 Å². The molecule has 8 heteroatoms. The second kappa shape index (κ2) is 7.08. The molecular formula is C17H18N4O4. The van der Waals surface area contributed by atoms with E-state index in [0.29, 0.717) is 17.9 Å². The summed E-state index contributed by atoms with van der Waals surface area (Å²) in [7, 11) is 1.46. The normalized spacial score (nSPS) is 10.8. The van der Waals surface area contributed by atoms with Gasteiger partial charge in [0.2, 0.25) is 5.91 Å². The summed E-state index contributed by atoms with van der Waals surface area (Å²) in [6, 6.07) is 10.1. The summed E-state index contributed by atoms with van der Waals surface area (Å²) in [5.74, 6) is 0.197. The van der Waals surface area contributed by atoms with E-state index in [1.54, 1.807) is 36.5 Å². The van der Waals surface area contributed by atoms with E-state index in [4.69, 9.17) is 4.74 Å². The SMILES string of the molecule is COc1cc(CNC(=O)CCn2nc3ccccn3c2=O)ccc1O. The van der Waals surface area contributed by atoms with Crippen molar-refractivity contribution >= 4 is 11.6 Å². The van der Waals surface area contributed by atoms with Crippen molar-refractivity contribution in [2.45, 2.75) is 19.5 Å². The van der Waals surface area contributed by atoms with E-state index in [-0.39, 0.29) is 30.3 Å². The van der Waals surface area contributed by atoms with E-state index >= 15 is 0 Å². The number of hydrogen-bond acceptors (Lipinski definition) is 5. The zero-order valence-corrected chi connectivity index (χ0v) is 13.7. The average Bonchev–Trinajstić information content (AvgIpc) is 2.95. The van der Waals surface area contributed by atoms with Crippen LogP contribution in [0.2, 0.25) is 0 Å². The Labute approximate surface area is 143 Å². The predicted molar refractivity (Wildman–Crippen MR) is 90.6 cm³/mol. The van der Waals surface area contributed by atoms with Crippen LogP contribution in [0.3, 0.4) is 0 Å². The summed E-state index contributed by atoms with van der Waals surface area (Å²) in [5.41, 5.74) is 1.07. The first-order valence-corrected chi connectivity index (χ1v) is 7.75. The van der Waals surface area contributed by atoms with Crippen molar-refractivity contribution in [1.82, 2.24) is 19.5 Å². The Morgan fingerprint density at radius 1 is 1.32 bits per heavy atom. The van der Waals surface area contributed by atoms with Gasteiger partial charge < -0.3 is 15.2 Å². The Morgan fingerprint density at radius 3 is 2.92 bits per heavy atom. The molecule has 0 saturated carbocycles. The molecule has 0 saturated heterocycles. The minimum absolute atomic E-state index is 0.0452. The molecule has 8 nitrogen and oxygen atoms in total. The number of pyridine rings is 1. The molecule has 130 valence electrons. The predicted octanol–water partition coefficient (Wildman–Crippen LogP) is 0.917. The molecule has 3 aromatic rings. The molecule has 3 rings (SSSR count). The monoisotopic (exact) mass is 342 g/mol. The van der Waals surface area contributed by atoms with Gasteiger partial charge in [-0.2, -0.15) is 0 Å². The first kappa shape index (κ1) is 16.6. The minimum atomic E-state index is -0.272. The van der Waals surface area contributed by atoms with Crippen molar-refractivity contribution in [3.8, 4) is 11.5 Å². The highest BCUT2D eigenvalue weighted by Crippen LogP contribution is 2.26. The number of phenols is 1. The number of amides is 1. The number of aromatic nitrogens is 3. The number of hydrogen-bond donors (Lipinski definition) is 2. The van der Waals surface area contributed by atoms with Crippen molar-refractivity contribution in [3.05, 3.63) is 58.6 Å². The topological polar surface area (TPSA) is 97.9 Å². The molecule has 2 heterocycles. The maximum Gasteiger partial charge on any atom is 0.350 e. The number of phenolic OH excluding ortho intramolecular Hbond substituents is 1. The average molecular weight is 342 g/mol. The number of methoxy groups -OCH3 is 1. The van der Waals surface area contributed by atoms with Gasteiger partial charge in [0.25, 0.3) is 0 Å². The highest BCUT2D eigenvalue weighted by Gasteiger charge is 2.09. The lowest BCUT2D eigenvalue weighted by atomic mass is 10.2. The second-order valence-corrected chi connectivity index (χ2v) is 5.47. The summed E-state index contributed by atoms with van der Waals surface area (Å²) in [6.45, 7) is 0.501. The number of aromatic hydroxyl groups is 1. The van der Waals surface area contributed by atoms with Crippen molar-refractivity contribution < 1.29 is 14.6 Å². The zero-order chi connectivity index (χ0) is 17.8. The highest BCUT2D eigenvalue weighted by atomic mass is 16.5. The lowest BCUT2D eigenvalue weighted by Gasteiger charge is -2.08. The minimum Gasteiger partial charge on any atom is -0.504 e. The van der Waals surface area contributed by atoms with Crippen molar-refractivity contribution in [3.63, 3.8) is 0 Å². The molecule has 1 aromatic carbocycles. The Kier molecular flexibility index (Phi) is 4.69. The fourth-order valence-corrected chi connectivity index (χ4v) is 2.44. The molecule has 0 aliphatic heterocycles. The van der Waals surface area contributed by atoms with Gasteiger partial charge in [-0.15, -0.1) is 5.10 Å². The summed E-state index contributed by atoms with van der Waals surface area (Å²) in [5, 5.41) is 16.5. The molecular weight excluding hydrogens is 324 g/mol. The number of carbonyl (C=O) groups is 1. The Morgan fingerprint density at radius 2 is 2.16 bits per heavy atom. The van der Waals surface area contributed by atoms with Gasteiger partial charge in [0.1, 0.15) is 0 Å². The molecule has 0 bridgehead atoms. The van der Waals surface area contributed by atoms with Crippen molar-refractivity contribution in [2.75, 3.05) is 7.11 Å². The maximum atomic E-state index is 12.1. The Balaban J connectivity index is 1.57. The van der Waals surface area contributed by atoms with Gasteiger partial charge in [0.15, 0.2) is 17.1 Å². The second-order valence-electron chi connectivity index (χ2n) is 5.47. The van der Waals surface area contributed by atoms with Crippen LogP contribution in [0.25, 0.3) is 5.65 Å². The first-order valence-electron chi connectivity index (χ1n) is 7.75. The van der Waals surface area contributed by atoms with Crippen molar-refractivity contribution in [1.29, 1.82) is 0 Å². The van der Waals surface area contributed by atoms with Crippen LogP contribution in [0.5, 0.6) is 11.5 Å². The number of ether oxygens (including phenoxy) is 1. The molecule has 0 unspecified atom stereocenters. The van der Waals surface area contributed by atoms with Gasteiger partial charge in [0, 0.05) is 19.2 Å². The Hall–Kier alpha value is -3.29. The summed E-state index contributed by atoms with van der Waals surface area (Å²) in [4.78, 5) is 24.1. The smallest absolute Gasteiger partial charge is 0.350 e. The van der Waals surface area contributed by atoms with Crippen LogP contribution in [-0.2, 0) is 17.9 Å². The van der Waals surface area contributed by atoms with Gasteiger partial charge in [-0.05, 0) is 29.8 Å². The molecule has 0 aliphatic carbocycles. The number of rotatable bonds is 6. The summed E-state index contributed by atoms with van der Waals surface area (Å²) in [6.07, 6.45) is 1.78. The van der Waals surface area contributed by atoms with E-state index in [1.165, 1.54) is 22.3 Å². The van der Waals surface area contributed by atoms with Crippen LogP contribution in [0.4, 0.5) is 0 Å². The molecule has 1 amide bonds. The molecule has 0 spiro atoms.